The van der Waals surface area contributed by atoms with Crippen molar-refractivity contribution in [1.82, 2.24) is 5.43 Å². The second-order valence-corrected chi connectivity index (χ2v) is 5.54. The summed E-state index contributed by atoms with van der Waals surface area (Å²) in [4.78, 5) is 0. The van der Waals surface area contributed by atoms with Crippen LogP contribution in [0.25, 0.3) is 0 Å². The molecule has 0 saturated carbocycles. The van der Waals surface area contributed by atoms with Gasteiger partial charge < -0.3 is 10.4 Å². The lowest BCUT2D eigenvalue weighted by molar-refractivity contribution is 0.475. The minimum absolute atomic E-state index is 0.233. The number of hydrogen-bond acceptors (Lipinski definition) is 3. The molecule has 3 N–H and O–H groups in total. The average molecular weight is 313 g/mol. The maximum Gasteiger partial charge on any atom is 0.191 e. The first-order valence-corrected chi connectivity index (χ1v) is 7.34. The quantitative estimate of drug-likeness (QED) is 0.459. The molecule has 5 heteroatoms. The van der Waals surface area contributed by atoms with Crippen molar-refractivity contribution < 1.29 is 5.11 Å². The molecule has 0 amide bonds. The van der Waals surface area contributed by atoms with E-state index in [1.54, 1.807) is 24.3 Å². The van der Waals surface area contributed by atoms with E-state index in [-0.39, 0.29) is 5.75 Å². The molecule has 2 aromatic carbocycles. The zero-order valence-corrected chi connectivity index (χ0v) is 13.7. The van der Waals surface area contributed by atoms with E-state index in [4.69, 9.17) is 12.2 Å². The van der Waals surface area contributed by atoms with E-state index in [1.807, 2.05) is 32.9 Å². The predicted molar refractivity (Wildman–Crippen MR) is 95.6 cm³/mol. The summed E-state index contributed by atoms with van der Waals surface area (Å²) in [5.74, 6) is 0.233. The average Bonchev–Trinajstić information content (AvgIpc) is 2.49. The van der Waals surface area contributed by atoms with E-state index >= 15 is 0 Å². The summed E-state index contributed by atoms with van der Waals surface area (Å²) in [5, 5.41) is 17.1. The first kappa shape index (κ1) is 16.0. The highest BCUT2D eigenvalue weighted by atomic mass is 32.1. The molecule has 0 aromatic heterocycles. The molecule has 4 nitrogen and oxygen atoms in total. The Balaban J connectivity index is 2.01. The van der Waals surface area contributed by atoms with Gasteiger partial charge in [-0.3, -0.25) is 5.43 Å². The lowest BCUT2D eigenvalue weighted by Gasteiger charge is -2.11. The Kier molecular flexibility index (Phi) is 5.12. The SMILES string of the molecule is CC(=NNC(=S)Nc1cc(C)ccc1C)c1ccc(O)cc1. The molecular formula is C17H19N3OS. The minimum atomic E-state index is 0.233. The maximum atomic E-state index is 9.28. The van der Waals surface area contributed by atoms with E-state index in [0.717, 1.165) is 22.5 Å². The summed E-state index contributed by atoms with van der Waals surface area (Å²) in [6.45, 7) is 5.93. The minimum Gasteiger partial charge on any atom is -0.508 e. The fourth-order valence-corrected chi connectivity index (χ4v) is 2.08. The van der Waals surface area contributed by atoms with Gasteiger partial charge in [0.25, 0.3) is 0 Å². The summed E-state index contributed by atoms with van der Waals surface area (Å²) in [6.07, 6.45) is 0. The Morgan fingerprint density at radius 3 is 2.45 bits per heavy atom. The Labute approximate surface area is 135 Å². The van der Waals surface area contributed by atoms with Gasteiger partial charge in [0.05, 0.1) is 5.71 Å². The van der Waals surface area contributed by atoms with Crippen molar-refractivity contribution in [2.75, 3.05) is 5.32 Å². The Bertz CT molecular complexity index is 708. The van der Waals surface area contributed by atoms with E-state index in [9.17, 15) is 5.11 Å². The molecule has 0 aliphatic rings. The number of thiocarbonyl (C=S) groups is 1. The largest absolute Gasteiger partial charge is 0.508 e. The number of anilines is 1. The summed E-state index contributed by atoms with van der Waals surface area (Å²) in [5.41, 5.74) is 7.79. The first-order valence-electron chi connectivity index (χ1n) is 6.93. The summed E-state index contributed by atoms with van der Waals surface area (Å²) >= 11 is 5.26. The van der Waals surface area contributed by atoms with E-state index < -0.39 is 0 Å². The maximum absolute atomic E-state index is 9.28. The number of nitrogens with zero attached hydrogens (tertiary/aromatic N) is 1. The predicted octanol–water partition coefficient (Wildman–Crippen LogP) is 3.72. The van der Waals surface area contributed by atoms with Crippen molar-refractivity contribution in [3.8, 4) is 5.75 Å². The van der Waals surface area contributed by atoms with E-state index in [0.29, 0.717) is 5.11 Å². The molecular weight excluding hydrogens is 294 g/mol. The monoisotopic (exact) mass is 313 g/mol. The molecule has 114 valence electrons. The van der Waals surface area contributed by atoms with Crippen molar-refractivity contribution in [3.63, 3.8) is 0 Å². The fraction of sp³-hybridized carbons (Fsp3) is 0.176. The molecule has 0 unspecified atom stereocenters. The normalized spacial score (nSPS) is 11.1. The zero-order chi connectivity index (χ0) is 16.1. The molecule has 22 heavy (non-hydrogen) atoms. The summed E-state index contributed by atoms with van der Waals surface area (Å²) in [7, 11) is 0. The number of phenolic OH excluding ortho intramolecular Hbond substituents is 1. The van der Waals surface area contributed by atoms with Gasteiger partial charge in [0, 0.05) is 5.69 Å². The summed E-state index contributed by atoms with van der Waals surface area (Å²) < 4.78 is 0. The molecule has 0 saturated heterocycles. The molecule has 0 heterocycles. The van der Waals surface area contributed by atoms with Crippen LogP contribution in [0.15, 0.2) is 47.6 Å². The zero-order valence-electron chi connectivity index (χ0n) is 12.8. The number of aryl methyl sites for hydroxylation is 2. The van der Waals surface area contributed by atoms with Crippen LogP contribution in [0.1, 0.15) is 23.6 Å². The first-order chi connectivity index (χ1) is 10.5. The number of hydrogen-bond donors (Lipinski definition) is 3. The summed E-state index contributed by atoms with van der Waals surface area (Å²) in [6, 6.07) is 13.0. The lowest BCUT2D eigenvalue weighted by Crippen LogP contribution is -2.25. The van der Waals surface area contributed by atoms with Crippen LogP contribution < -0.4 is 10.7 Å². The van der Waals surface area contributed by atoms with Crippen LogP contribution in [0.4, 0.5) is 5.69 Å². The number of aromatic hydroxyl groups is 1. The van der Waals surface area contributed by atoms with Gasteiger partial charge in [-0.15, -0.1) is 0 Å². The van der Waals surface area contributed by atoms with Gasteiger partial charge in [-0.1, -0.05) is 12.1 Å². The van der Waals surface area contributed by atoms with Crippen molar-refractivity contribution in [1.29, 1.82) is 0 Å². The third kappa shape index (κ3) is 4.30. The molecule has 0 fully saturated rings. The Morgan fingerprint density at radius 2 is 1.77 bits per heavy atom. The van der Waals surface area contributed by atoms with Gasteiger partial charge in [-0.05, 0) is 80.0 Å². The van der Waals surface area contributed by atoms with Gasteiger partial charge in [0.2, 0.25) is 0 Å². The molecule has 2 rings (SSSR count). The van der Waals surface area contributed by atoms with Gasteiger partial charge in [0.1, 0.15) is 5.75 Å². The van der Waals surface area contributed by atoms with Crippen LogP contribution in [0, 0.1) is 13.8 Å². The van der Waals surface area contributed by atoms with E-state index in [2.05, 4.69) is 21.9 Å². The number of rotatable bonds is 3. The van der Waals surface area contributed by atoms with Crippen molar-refractivity contribution in [3.05, 3.63) is 59.2 Å². The van der Waals surface area contributed by atoms with Gasteiger partial charge >= 0.3 is 0 Å². The smallest absolute Gasteiger partial charge is 0.191 e. The van der Waals surface area contributed by atoms with Crippen LogP contribution in [-0.2, 0) is 0 Å². The van der Waals surface area contributed by atoms with Crippen molar-refractivity contribution in [2.24, 2.45) is 5.10 Å². The molecule has 0 spiro atoms. The van der Waals surface area contributed by atoms with Crippen LogP contribution in [0.2, 0.25) is 0 Å². The standard InChI is InChI=1S/C17H19N3OS/c1-11-4-5-12(2)16(10-11)18-17(22)20-19-13(3)14-6-8-15(21)9-7-14/h4-10,21H,1-3H3,(H2,18,20,22). The number of nitrogens with one attached hydrogen (secondary N) is 2. The highest BCUT2D eigenvalue weighted by Crippen LogP contribution is 2.16. The van der Waals surface area contributed by atoms with Gasteiger partial charge in [-0.25, -0.2) is 0 Å². The number of benzene rings is 2. The number of phenols is 1. The lowest BCUT2D eigenvalue weighted by atomic mass is 10.1. The van der Waals surface area contributed by atoms with Crippen LogP contribution >= 0.6 is 12.2 Å². The van der Waals surface area contributed by atoms with Crippen LogP contribution in [-0.4, -0.2) is 15.9 Å². The van der Waals surface area contributed by atoms with Crippen LogP contribution in [0.5, 0.6) is 5.75 Å². The molecule has 0 aliphatic heterocycles. The van der Waals surface area contributed by atoms with Crippen LogP contribution in [0.3, 0.4) is 0 Å². The molecule has 2 aromatic rings. The van der Waals surface area contributed by atoms with Crippen molar-refractivity contribution in [2.45, 2.75) is 20.8 Å². The highest BCUT2D eigenvalue weighted by Gasteiger charge is 2.02. The highest BCUT2D eigenvalue weighted by molar-refractivity contribution is 7.80. The third-order valence-corrected chi connectivity index (χ3v) is 3.44. The second-order valence-electron chi connectivity index (χ2n) is 5.13. The Morgan fingerprint density at radius 1 is 1.09 bits per heavy atom. The molecule has 0 bridgehead atoms. The molecule has 0 aliphatic carbocycles. The Hall–Kier alpha value is -2.40. The molecule has 0 radical (unpaired) electrons. The topological polar surface area (TPSA) is 56.7 Å². The fourth-order valence-electron chi connectivity index (χ4n) is 1.92. The number of hydrazone groups is 1. The van der Waals surface area contributed by atoms with Gasteiger partial charge in [0.15, 0.2) is 5.11 Å². The van der Waals surface area contributed by atoms with Crippen molar-refractivity contribution >= 4 is 28.7 Å². The molecule has 0 atom stereocenters. The van der Waals surface area contributed by atoms with Gasteiger partial charge in [-0.2, -0.15) is 5.10 Å². The van der Waals surface area contributed by atoms with E-state index in [1.165, 1.54) is 5.56 Å². The second kappa shape index (κ2) is 7.04. The third-order valence-electron chi connectivity index (χ3n) is 3.25.